The van der Waals surface area contributed by atoms with E-state index in [4.69, 9.17) is 0 Å². The van der Waals surface area contributed by atoms with Crippen LogP contribution >= 0.6 is 0 Å². The summed E-state index contributed by atoms with van der Waals surface area (Å²) in [5, 5.41) is 14.8. The van der Waals surface area contributed by atoms with Crippen LogP contribution < -0.4 is 5.32 Å². The van der Waals surface area contributed by atoms with E-state index in [2.05, 4.69) is 49.1 Å². The van der Waals surface area contributed by atoms with E-state index < -0.39 is 0 Å². The second-order valence-electron chi connectivity index (χ2n) is 10.3. The Morgan fingerprint density at radius 2 is 1.59 bits per heavy atom. The first-order valence-electron chi connectivity index (χ1n) is 12.0. The van der Waals surface area contributed by atoms with E-state index in [1.165, 1.54) is 0 Å². The Hall–Kier alpha value is -3.47. The SMILES string of the molecule is CCC(C1=Cc2ccncc2C1(C)C)=C1C(=O)C(/C(CC)=C2/Nc3ccncc3C2(C)C)=C1O. The van der Waals surface area contributed by atoms with Gasteiger partial charge in [0.05, 0.1) is 11.1 Å². The van der Waals surface area contributed by atoms with Crippen molar-refractivity contribution < 1.29 is 9.90 Å². The van der Waals surface area contributed by atoms with Crippen molar-refractivity contribution in [1.29, 1.82) is 0 Å². The number of allylic oxidation sites excluding steroid dienone is 6. The fourth-order valence-corrected chi connectivity index (χ4v) is 5.82. The summed E-state index contributed by atoms with van der Waals surface area (Å²) in [5.41, 5.74) is 8.47. The minimum atomic E-state index is -0.333. The standard InChI is InChI=1S/C29H31N3O2/c1-7-17(19-13-16-9-11-30-14-20(16)28(19,3)4)23-25(33)24(26(23)34)18(8-2)27-29(5,6)21-15-31-12-10-22(21)32-27/h9-15,32-33H,7-8H2,1-6H3/b23-17?,27-18+. The number of ketones is 1. The lowest BCUT2D eigenvalue weighted by Gasteiger charge is -2.32. The highest BCUT2D eigenvalue weighted by molar-refractivity contribution is 6.23. The first-order valence-corrected chi connectivity index (χ1v) is 12.0. The largest absolute Gasteiger partial charge is 0.506 e. The summed E-state index contributed by atoms with van der Waals surface area (Å²) < 4.78 is 0. The summed E-state index contributed by atoms with van der Waals surface area (Å²) in [6, 6.07) is 3.96. The third-order valence-electron chi connectivity index (χ3n) is 7.75. The van der Waals surface area contributed by atoms with Gasteiger partial charge in [-0.3, -0.25) is 14.8 Å². The molecule has 3 aliphatic rings. The van der Waals surface area contributed by atoms with Gasteiger partial charge in [-0.25, -0.2) is 0 Å². The molecule has 0 radical (unpaired) electrons. The summed E-state index contributed by atoms with van der Waals surface area (Å²) in [4.78, 5) is 22.3. The monoisotopic (exact) mass is 453 g/mol. The molecular weight excluding hydrogens is 422 g/mol. The summed E-state index contributed by atoms with van der Waals surface area (Å²) >= 11 is 0. The minimum absolute atomic E-state index is 0.0730. The molecule has 0 fully saturated rings. The van der Waals surface area contributed by atoms with Crippen molar-refractivity contribution >= 4 is 17.5 Å². The van der Waals surface area contributed by atoms with Crippen LogP contribution in [0.3, 0.4) is 0 Å². The van der Waals surface area contributed by atoms with Crippen molar-refractivity contribution in [3.05, 3.63) is 92.9 Å². The third kappa shape index (κ3) is 2.89. The van der Waals surface area contributed by atoms with E-state index in [1.807, 2.05) is 38.4 Å². The second kappa shape index (κ2) is 7.52. The van der Waals surface area contributed by atoms with Gasteiger partial charge >= 0.3 is 0 Å². The van der Waals surface area contributed by atoms with Gasteiger partial charge in [0, 0.05) is 52.6 Å². The summed E-state index contributed by atoms with van der Waals surface area (Å²) in [5.74, 6) is 0.0415. The van der Waals surface area contributed by atoms with Crippen molar-refractivity contribution in [3.8, 4) is 0 Å². The molecule has 0 saturated heterocycles. The van der Waals surface area contributed by atoms with Crippen LogP contribution in [0.15, 0.2) is 76.2 Å². The predicted molar refractivity (Wildman–Crippen MR) is 135 cm³/mol. The molecule has 5 nitrogen and oxygen atoms in total. The van der Waals surface area contributed by atoms with Crippen molar-refractivity contribution in [2.24, 2.45) is 0 Å². The van der Waals surface area contributed by atoms with Crippen LogP contribution in [-0.2, 0) is 15.6 Å². The summed E-state index contributed by atoms with van der Waals surface area (Å²) in [6.07, 6.45) is 10.8. The number of aromatic nitrogens is 2. The molecule has 34 heavy (non-hydrogen) atoms. The Morgan fingerprint density at radius 1 is 0.941 bits per heavy atom. The normalized spacial score (nSPS) is 22.5. The quantitative estimate of drug-likeness (QED) is 0.530. The molecule has 0 unspecified atom stereocenters. The number of aliphatic hydroxyl groups excluding tert-OH is 1. The van der Waals surface area contributed by atoms with Crippen molar-refractivity contribution in [2.75, 3.05) is 5.32 Å². The molecule has 0 aromatic carbocycles. The molecule has 3 heterocycles. The zero-order valence-electron chi connectivity index (χ0n) is 20.7. The second-order valence-corrected chi connectivity index (χ2v) is 10.3. The first kappa shape index (κ1) is 22.3. The van der Waals surface area contributed by atoms with Crippen LogP contribution in [0.1, 0.15) is 71.1 Å². The molecule has 2 aromatic rings. The summed E-state index contributed by atoms with van der Waals surface area (Å²) in [6.45, 7) is 12.6. The van der Waals surface area contributed by atoms with Gasteiger partial charge in [-0.15, -0.1) is 0 Å². The van der Waals surface area contributed by atoms with E-state index in [9.17, 15) is 9.90 Å². The van der Waals surface area contributed by atoms with Crippen LogP contribution in [-0.4, -0.2) is 20.9 Å². The Labute approximate surface area is 201 Å². The smallest absolute Gasteiger partial charge is 0.201 e. The van der Waals surface area contributed by atoms with E-state index >= 15 is 0 Å². The first-order chi connectivity index (χ1) is 16.1. The number of aliphatic hydroxyl groups is 1. The maximum absolute atomic E-state index is 13.7. The number of fused-ring (bicyclic) bond motifs is 2. The lowest BCUT2D eigenvalue weighted by molar-refractivity contribution is -0.113. The molecule has 2 N–H and O–H groups in total. The number of hydrogen-bond acceptors (Lipinski definition) is 5. The highest BCUT2D eigenvalue weighted by Gasteiger charge is 2.45. The van der Waals surface area contributed by atoms with Crippen molar-refractivity contribution in [2.45, 2.75) is 65.2 Å². The molecule has 2 aliphatic carbocycles. The highest BCUT2D eigenvalue weighted by atomic mass is 16.3. The van der Waals surface area contributed by atoms with Crippen LogP contribution in [0.2, 0.25) is 0 Å². The molecule has 174 valence electrons. The number of carbonyl (C=O) groups is 1. The molecule has 0 spiro atoms. The fourth-order valence-electron chi connectivity index (χ4n) is 5.82. The number of anilines is 1. The number of hydrogen-bond donors (Lipinski definition) is 2. The molecule has 0 saturated carbocycles. The van der Waals surface area contributed by atoms with E-state index in [0.717, 1.165) is 44.8 Å². The Bertz CT molecular complexity index is 1370. The molecule has 2 aromatic heterocycles. The maximum atomic E-state index is 13.7. The van der Waals surface area contributed by atoms with Gasteiger partial charge in [0.15, 0.2) is 0 Å². The fraction of sp³-hybridized carbons (Fsp3) is 0.345. The molecule has 5 heteroatoms. The number of Topliss-reactive ketones (excluding diaryl/α,β-unsaturated/α-hetero) is 1. The zero-order chi connectivity index (χ0) is 24.4. The van der Waals surface area contributed by atoms with Gasteiger partial charge in [0.2, 0.25) is 5.78 Å². The Morgan fingerprint density at radius 3 is 2.18 bits per heavy atom. The average molecular weight is 454 g/mol. The predicted octanol–water partition coefficient (Wildman–Crippen LogP) is 6.32. The van der Waals surface area contributed by atoms with E-state index in [1.54, 1.807) is 12.4 Å². The van der Waals surface area contributed by atoms with Gasteiger partial charge in [-0.2, -0.15) is 0 Å². The molecule has 1 aliphatic heterocycles. The topological polar surface area (TPSA) is 75.1 Å². The third-order valence-corrected chi connectivity index (χ3v) is 7.75. The van der Waals surface area contributed by atoms with Gasteiger partial charge in [-0.1, -0.05) is 47.6 Å². The van der Waals surface area contributed by atoms with E-state index in [-0.39, 0.29) is 22.4 Å². The van der Waals surface area contributed by atoms with E-state index in [0.29, 0.717) is 24.0 Å². The zero-order valence-corrected chi connectivity index (χ0v) is 20.7. The lowest BCUT2D eigenvalue weighted by atomic mass is 9.71. The Balaban J connectivity index is 1.64. The van der Waals surface area contributed by atoms with Gasteiger partial charge < -0.3 is 10.4 Å². The van der Waals surface area contributed by atoms with Gasteiger partial charge in [0.25, 0.3) is 0 Å². The van der Waals surface area contributed by atoms with Crippen molar-refractivity contribution in [3.63, 3.8) is 0 Å². The molecular formula is C29H31N3O2. The summed E-state index contributed by atoms with van der Waals surface area (Å²) in [7, 11) is 0. The van der Waals surface area contributed by atoms with Crippen LogP contribution in [0.5, 0.6) is 0 Å². The highest BCUT2D eigenvalue weighted by Crippen LogP contribution is 2.51. The molecule has 0 bridgehead atoms. The van der Waals surface area contributed by atoms with Gasteiger partial charge in [0.1, 0.15) is 5.76 Å². The van der Waals surface area contributed by atoms with Gasteiger partial charge in [-0.05, 0) is 52.8 Å². The minimum Gasteiger partial charge on any atom is -0.506 e. The number of rotatable bonds is 4. The molecule has 0 atom stereocenters. The maximum Gasteiger partial charge on any atom is 0.201 e. The lowest BCUT2D eigenvalue weighted by Crippen LogP contribution is -2.30. The molecule has 0 amide bonds. The van der Waals surface area contributed by atoms with Crippen molar-refractivity contribution in [1.82, 2.24) is 9.97 Å². The number of pyridine rings is 2. The Kier molecular flexibility index (Phi) is 4.94. The number of nitrogens with one attached hydrogen (secondary N) is 1. The van der Waals surface area contributed by atoms with Crippen LogP contribution in [0.25, 0.3) is 6.08 Å². The number of nitrogens with zero attached hydrogens (tertiary/aromatic N) is 2. The van der Waals surface area contributed by atoms with Crippen LogP contribution in [0, 0.1) is 0 Å². The average Bonchev–Trinajstić information content (AvgIpc) is 3.25. The molecule has 5 rings (SSSR count). The number of carbonyl (C=O) groups excluding carboxylic acids is 1. The van der Waals surface area contributed by atoms with Crippen LogP contribution in [0.4, 0.5) is 5.69 Å².